The standard InChI is InChI=1S/C21H24N5O4S2/c1-4-30-21(28)26-32(29)17-7-5-16(6-8-17)24-20-22-10-18(15-9-14(3)31-12-15)19(25-20)23-13(2)11-27/h5-10,12-13,27H,4,11H2,1-3H3,(H2,22,23,24,25)/q-1/t13-/m1/s1. The van der Waals surface area contributed by atoms with E-state index >= 15 is 0 Å². The number of benzene rings is 1. The lowest BCUT2D eigenvalue weighted by atomic mass is 10.1. The summed E-state index contributed by atoms with van der Waals surface area (Å²) in [4.78, 5) is 21.9. The van der Waals surface area contributed by atoms with Crippen LogP contribution in [-0.4, -0.2) is 40.4 Å². The van der Waals surface area contributed by atoms with E-state index < -0.39 is 16.7 Å². The molecule has 1 amide bonds. The number of rotatable bonds is 8. The third-order valence-electron chi connectivity index (χ3n) is 4.22. The number of ether oxygens (including phenoxy) is 1. The zero-order valence-corrected chi connectivity index (χ0v) is 19.5. The molecule has 0 radical (unpaired) electrons. The Morgan fingerprint density at radius 1 is 1.34 bits per heavy atom. The normalized spacial score (nSPS) is 12.9. The number of anilines is 3. The number of hydrogen-bond acceptors (Lipinski definition) is 10. The molecule has 0 fully saturated rings. The van der Waals surface area contributed by atoms with E-state index in [9.17, 15) is 14.1 Å². The highest BCUT2D eigenvalue weighted by molar-refractivity contribution is 7.75. The summed E-state index contributed by atoms with van der Waals surface area (Å²) >= 11 is 1.64. The zero-order valence-electron chi connectivity index (χ0n) is 17.9. The van der Waals surface area contributed by atoms with Gasteiger partial charge in [0.2, 0.25) is 5.95 Å². The smallest absolute Gasteiger partial charge is 0.410 e. The fourth-order valence-corrected chi connectivity index (χ4v) is 4.05. The molecule has 0 unspecified atom stereocenters. The number of aromatic nitrogens is 2. The predicted octanol–water partition coefficient (Wildman–Crippen LogP) is 4.71. The highest BCUT2D eigenvalue weighted by Gasteiger charge is 2.13. The van der Waals surface area contributed by atoms with Gasteiger partial charge in [-0.25, -0.2) is 9.78 Å². The van der Waals surface area contributed by atoms with Crippen molar-refractivity contribution < 1.29 is 18.8 Å². The second kappa shape index (κ2) is 11.0. The summed E-state index contributed by atoms with van der Waals surface area (Å²) in [5.74, 6) is 0.964. The van der Waals surface area contributed by atoms with Gasteiger partial charge in [-0.3, -0.25) is 4.36 Å². The molecule has 0 saturated heterocycles. The van der Waals surface area contributed by atoms with E-state index in [2.05, 4.69) is 35.8 Å². The molecule has 32 heavy (non-hydrogen) atoms. The number of amides is 1. The highest BCUT2D eigenvalue weighted by atomic mass is 32.2. The lowest BCUT2D eigenvalue weighted by Gasteiger charge is -2.16. The van der Waals surface area contributed by atoms with Gasteiger partial charge in [0.05, 0.1) is 13.2 Å². The zero-order chi connectivity index (χ0) is 23.1. The second-order valence-electron chi connectivity index (χ2n) is 6.82. The number of hydrogen-bond donors (Lipinski definition) is 3. The molecule has 9 nitrogen and oxygen atoms in total. The lowest BCUT2D eigenvalue weighted by Crippen LogP contribution is -2.21. The molecule has 2 heterocycles. The number of nitrogens with zero attached hydrogens (tertiary/aromatic N) is 3. The van der Waals surface area contributed by atoms with Crippen molar-refractivity contribution in [1.82, 2.24) is 9.97 Å². The largest absolute Gasteiger partial charge is 0.450 e. The van der Waals surface area contributed by atoms with Crippen molar-refractivity contribution in [3.05, 3.63) is 46.8 Å². The van der Waals surface area contributed by atoms with Crippen LogP contribution >= 0.6 is 11.3 Å². The van der Waals surface area contributed by atoms with Gasteiger partial charge in [0.1, 0.15) is 5.82 Å². The van der Waals surface area contributed by atoms with Crippen LogP contribution in [0.25, 0.3) is 11.1 Å². The van der Waals surface area contributed by atoms with Gasteiger partial charge in [0.25, 0.3) is 0 Å². The van der Waals surface area contributed by atoms with Crippen molar-refractivity contribution >= 4 is 45.5 Å². The summed E-state index contributed by atoms with van der Waals surface area (Å²) in [6, 6.07) is 8.45. The molecule has 3 aromatic rings. The maximum atomic E-state index is 12.1. The molecule has 170 valence electrons. The Labute approximate surface area is 192 Å². The van der Waals surface area contributed by atoms with Crippen LogP contribution in [0.15, 0.2) is 51.2 Å². The summed E-state index contributed by atoms with van der Waals surface area (Å²) in [5.41, 5.74) is 2.51. The summed E-state index contributed by atoms with van der Waals surface area (Å²) < 4.78 is 20.3. The molecule has 0 aliphatic heterocycles. The van der Waals surface area contributed by atoms with Gasteiger partial charge in [0.15, 0.2) is 0 Å². The van der Waals surface area contributed by atoms with E-state index in [-0.39, 0.29) is 19.3 Å². The van der Waals surface area contributed by atoms with Crippen LogP contribution in [0.1, 0.15) is 18.7 Å². The Bertz CT molecular complexity index is 1160. The summed E-state index contributed by atoms with van der Waals surface area (Å²) in [7, 11) is -1.84. The van der Waals surface area contributed by atoms with Crippen LogP contribution in [0, 0.1) is 6.92 Å². The molecule has 0 bridgehead atoms. The van der Waals surface area contributed by atoms with Crippen LogP contribution in [-0.2, 0) is 19.5 Å². The van der Waals surface area contributed by atoms with Crippen LogP contribution < -0.4 is 10.6 Å². The van der Waals surface area contributed by atoms with Gasteiger partial charge in [-0.05, 0) is 49.9 Å². The molecule has 0 saturated carbocycles. The maximum Gasteiger partial charge on any atom is 0.410 e. The Balaban J connectivity index is 1.81. The number of aryl methyl sites for hydroxylation is 1. The molecule has 0 aliphatic rings. The highest BCUT2D eigenvalue weighted by Crippen LogP contribution is 2.31. The van der Waals surface area contributed by atoms with E-state index in [1.54, 1.807) is 48.7 Å². The summed E-state index contributed by atoms with van der Waals surface area (Å²) in [6.45, 7) is 5.67. The first kappa shape index (κ1) is 23.6. The fourth-order valence-electron chi connectivity index (χ4n) is 2.68. The second-order valence-corrected chi connectivity index (χ2v) is 9.09. The first-order chi connectivity index (χ1) is 15.4. The van der Waals surface area contributed by atoms with Gasteiger partial charge in [-0.15, -0.1) is 21.9 Å². The topological polar surface area (TPSA) is 126 Å². The van der Waals surface area contributed by atoms with E-state index in [0.29, 0.717) is 22.3 Å². The van der Waals surface area contributed by atoms with Crippen molar-refractivity contribution in [3.63, 3.8) is 0 Å². The minimum Gasteiger partial charge on any atom is -0.450 e. The monoisotopic (exact) mass is 474 g/mol. The van der Waals surface area contributed by atoms with Gasteiger partial charge in [-0.1, -0.05) is 17.0 Å². The molecule has 11 heteroatoms. The Morgan fingerprint density at radius 2 is 2.09 bits per heavy atom. The third kappa shape index (κ3) is 6.25. The number of aliphatic hydroxyl groups is 1. The van der Waals surface area contributed by atoms with Gasteiger partial charge >= 0.3 is 6.09 Å². The molecular formula is C21H24N5O4S2-. The third-order valence-corrected chi connectivity index (χ3v) is 6.08. The van der Waals surface area contributed by atoms with Crippen LogP contribution in [0.5, 0.6) is 0 Å². The molecule has 3 N–H and O–H groups in total. The first-order valence-corrected chi connectivity index (χ1v) is 11.9. The van der Waals surface area contributed by atoms with Crippen LogP contribution in [0.2, 0.25) is 0 Å². The van der Waals surface area contributed by atoms with E-state index in [1.165, 1.54) is 4.88 Å². The van der Waals surface area contributed by atoms with Crippen LogP contribution in [0.4, 0.5) is 22.2 Å². The van der Waals surface area contributed by atoms with Crippen molar-refractivity contribution in [2.24, 2.45) is 4.36 Å². The average Bonchev–Trinajstić information content (AvgIpc) is 3.20. The summed E-state index contributed by atoms with van der Waals surface area (Å²) in [6.07, 6.45) is 0.865. The molecule has 2 aromatic heterocycles. The number of carbonyl (C=O) groups is 1. The van der Waals surface area contributed by atoms with E-state index in [0.717, 1.165) is 11.1 Å². The van der Waals surface area contributed by atoms with Crippen molar-refractivity contribution in [1.29, 1.82) is 0 Å². The molecule has 0 aliphatic carbocycles. The molecule has 3 rings (SSSR count). The number of thiophene rings is 1. The molecule has 0 spiro atoms. The minimum absolute atomic E-state index is 0.0374. The predicted molar refractivity (Wildman–Crippen MR) is 126 cm³/mol. The quantitative estimate of drug-likeness (QED) is 0.401. The minimum atomic E-state index is -1.84. The van der Waals surface area contributed by atoms with Crippen molar-refractivity contribution in [3.8, 4) is 11.1 Å². The van der Waals surface area contributed by atoms with Crippen molar-refractivity contribution in [2.75, 3.05) is 23.8 Å². The van der Waals surface area contributed by atoms with E-state index in [4.69, 9.17) is 0 Å². The van der Waals surface area contributed by atoms with Gasteiger partial charge in [0, 0.05) is 28.4 Å². The Kier molecular flexibility index (Phi) is 8.14. The summed E-state index contributed by atoms with van der Waals surface area (Å²) in [5, 5.41) is 17.8. The number of aliphatic hydroxyl groups excluding tert-OH is 1. The molecule has 1 aromatic carbocycles. The fraction of sp³-hybridized carbons (Fsp3) is 0.286. The molecule has 1 atom stereocenters. The number of nitrogens with one attached hydrogen (secondary N) is 2. The Morgan fingerprint density at radius 3 is 2.72 bits per heavy atom. The van der Waals surface area contributed by atoms with Crippen molar-refractivity contribution in [2.45, 2.75) is 31.7 Å². The number of carbonyl (C=O) groups excluding carboxylic acids is 1. The lowest BCUT2D eigenvalue weighted by molar-refractivity contribution is 0.164. The maximum absolute atomic E-state index is 12.1. The average molecular weight is 475 g/mol. The molecular weight excluding hydrogens is 450 g/mol. The van der Waals surface area contributed by atoms with Crippen LogP contribution in [0.3, 0.4) is 0 Å². The Hall–Kier alpha value is -3.02. The first-order valence-electron chi connectivity index (χ1n) is 9.87. The SMILES string of the molecule is CCOC(=O)N=[S-](=O)c1ccc(Nc2ncc(-c3csc(C)c3)c(N[C@H](C)CO)n2)cc1. The van der Waals surface area contributed by atoms with Gasteiger partial charge in [-0.2, -0.15) is 4.98 Å². The van der Waals surface area contributed by atoms with E-state index in [1.807, 2.05) is 19.2 Å². The van der Waals surface area contributed by atoms with Gasteiger partial charge < -0.3 is 24.7 Å².